The summed E-state index contributed by atoms with van der Waals surface area (Å²) in [6.07, 6.45) is 4.21. The van der Waals surface area contributed by atoms with E-state index in [4.69, 9.17) is 0 Å². The van der Waals surface area contributed by atoms with Crippen LogP contribution in [0.25, 0.3) is 0 Å². The van der Waals surface area contributed by atoms with E-state index < -0.39 is 0 Å². The predicted molar refractivity (Wildman–Crippen MR) is 70.7 cm³/mol. The minimum absolute atomic E-state index is 0.0552. The lowest BCUT2D eigenvalue weighted by molar-refractivity contribution is 0.182. The molecule has 1 unspecified atom stereocenters. The van der Waals surface area contributed by atoms with Crippen LogP contribution in [0.15, 0.2) is 5.16 Å². The van der Waals surface area contributed by atoms with Crippen LogP contribution in [0, 0.1) is 5.92 Å². The molecule has 1 aromatic heterocycles. The van der Waals surface area contributed by atoms with E-state index in [0.29, 0.717) is 16.2 Å². The minimum atomic E-state index is -0.0552. The Morgan fingerprint density at radius 2 is 2.47 bits per heavy atom. The molecule has 5 nitrogen and oxygen atoms in total. The summed E-state index contributed by atoms with van der Waals surface area (Å²) in [7, 11) is 0. The van der Waals surface area contributed by atoms with Gasteiger partial charge in [-0.1, -0.05) is 18.7 Å². The van der Waals surface area contributed by atoms with Crippen LogP contribution in [0.5, 0.6) is 0 Å². The van der Waals surface area contributed by atoms with Crippen LogP contribution in [0.2, 0.25) is 0 Å². The van der Waals surface area contributed by atoms with Crippen molar-refractivity contribution in [2.24, 2.45) is 5.92 Å². The first-order chi connectivity index (χ1) is 8.19. The molecule has 17 heavy (non-hydrogen) atoms. The van der Waals surface area contributed by atoms with Gasteiger partial charge in [-0.3, -0.25) is 5.32 Å². The molecule has 0 saturated carbocycles. The Morgan fingerprint density at radius 1 is 1.65 bits per heavy atom. The second-order valence-electron chi connectivity index (χ2n) is 4.21. The number of nitrogens with zero attached hydrogens (tertiary/aromatic N) is 3. The van der Waals surface area contributed by atoms with Gasteiger partial charge in [0, 0.05) is 24.6 Å². The molecule has 1 N–H and O–H groups in total. The molecule has 1 fully saturated rings. The monoisotopic (exact) mass is 272 g/mol. The van der Waals surface area contributed by atoms with Crippen LogP contribution in [0.4, 0.5) is 9.93 Å². The van der Waals surface area contributed by atoms with Crippen LogP contribution < -0.4 is 5.32 Å². The van der Waals surface area contributed by atoms with Crippen LogP contribution >= 0.6 is 23.3 Å². The molecule has 7 heteroatoms. The number of amides is 2. The van der Waals surface area contributed by atoms with E-state index in [9.17, 15) is 4.79 Å². The molecule has 0 aliphatic carbocycles. The summed E-state index contributed by atoms with van der Waals surface area (Å²) in [5.41, 5.74) is 0. The van der Waals surface area contributed by atoms with Crippen LogP contribution in [0.1, 0.15) is 19.8 Å². The van der Waals surface area contributed by atoms with Crippen molar-refractivity contribution < 1.29 is 4.79 Å². The summed E-state index contributed by atoms with van der Waals surface area (Å²) < 4.78 is 4.11. The molecule has 0 spiro atoms. The lowest BCUT2D eigenvalue weighted by Gasteiger charge is -2.30. The molecule has 2 amide bonds. The molecule has 1 aliphatic heterocycles. The maximum atomic E-state index is 12.0. The van der Waals surface area contributed by atoms with Crippen molar-refractivity contribution in [1.82, 2.24) is 14.3 Å². The number of carbonyl (C=O) groups is 1. The number of piperidine rings is 1. The first-order valence-corrected chi connectivity index (χ1v) is 7.62. The van der Waals surface area contributed by atoms with Gasteiger partial charge in [0.2, 0.25) is 10.3 Å². The largest absolute Gasteiger partial charge is 0.324 e. The van der Waals surface area contributed by atoms with E-state index in [1.54, 1.807) is 0 Å². The molecule has 2 rings (SSSR count). The lowest BCUT2D eigenvalue weighted by atomic mass is 10.0. The van der Waals surface area contributed by atoms with Gasteiger partial charge in [0.05, 0.1) is 0 Å². The number of rotatable bonds is 2. The van der Waals surface area contributed by atoms with Gasteiger partial charge in [-0.2, -0.15) is 9.36 Å². The fraction of sp³-hybridized carbons (Fsp3) is 0.700. The van der Waals surface area contributed by atoms with Gasteiger partial charge in [0.25, 0.3) is 0 Å². The van der Waals surface area contributed by atoms with Crippen LogP contribution in [-0.4, -0.2) is 39.6 Å². The summed E-state index contributed by atoms with van der Waals surface area (Å²) in [5, 5.41) is 4.09. The quantitative estimate of drug-likeness (QED) is 0.840. The summed E-state index contributed by atoms with van der Waals surface area (Å²) in [4.78, 5) is 18.0. The number of thioether (sulfide) groups is 1. The second kappa shape index (κ2) is 5.68. The highest BCUT2D eigenvalue weighted by molar-refractivity contribution is 7.98. The Hall–Kier alpha value is -0.820. The molecular weight excluding hydrogens is 256 g/mol. The van der Waals surface area contributed by atoms with Crippen LogP contribution in [0.3, 0.4) is 0 Å². The topological polar surface area (TPSA) is 58.1 Å². The van der Waals surface area contributed by atoms with Crippen molar-refractivity contribution in [3.05, 3.63) is 0 Å². The Bertz CT molecular complexity index is 395. The van der Waals surface area contributed by atoms with Gasteiger partial charge in [0.15, 0.2) is 0 Å². The lowest BCUT2D eigenvalue weighted by Crippen LogP contribution is -2.41. The number of aromatic nitrogens is 2. The molecular formula is C10H16N4OS2. The van der Waals surface area contributed by atoms with E-state index in [2.05, 4.69) is 21.6 Å². The number of urea groups is 1. The van der Waals surface area contributed by atoms with Crippen molar-refractivity contribution in [3.8, 4) is 0 Å². The Labute approximate surface area is 109 Å². The number of carbonyl (C=O) groups excluding carboxylic acids is 1. The first-order valence-electron chi connectivity index (χ1n) is 5.62. The second-order valence-corrected chi connectivity index (χ2v) is 5.74. The summed E-state index contributed by atoms with van der Waals surface area (Å²) in [5.74, 6) is 0.589. The van der Waals surface area contributed by atoms with E-state index >= 15 is 0 Å². The van der Waals surface area contributed by atoms with E-state index in [-0.39, 0.29) is 6.03 Å². The zero-order chi connectivity index (χ0) is 12.3. The molecule has 0 radical (unpaired) electrons. The van der Waals surface area contributed by atoms with Crippen molar-refractivity contribution >= 4 is 34.5 Å². The molecule has 0 bridgehead atoms. The third-order valence-electron chi connectivity index (χ3n) is 2.75. The molecule has 94 valence electrons. The van der Waals surface area contributed by atoms with E-state index in [1.165, 1.54) is 29.7 Å². The maximum absolute atomic E-state index is 12.0. The van der Waals surface area contributed by atoms with E-state index in [0.717, 1.165) is 19.5 Å². The van der Waals surface area contributed by atoms with Gasteiger partial charge in [-0.05, 0) is 25.0 Å². The van der Waals surface area contributed by atoms with Crippen molar-refractivity contribution in [3.63, 3.8) is 0 Å². The fourth-order valence-corrected chi connectivity index (χ4v) is 3.00. The van der Waals surface area contributed by atoms with Crippen LogP contribution in [-0.2, 0) is 0 Å². The number of hydrogen-bond acceptors (Lipinski definition) is 5. The third-order valence-corrected chi connectivity index (χ3v) is 4.04. The smallest absolute Gasteiger partial charge is 0.323 e. The number of anilines is 1. The highest BCUT2D eigenvalue weighted by Gasteiger charge is 2.21. The normalized spacial score (nSPS) is 20.4. The average Bonchev–Trinajstić information content (AvgIpc) is 2.77. The standard InChI is InChI=1S/C10H16N4OS2/c1-7-4-3-5-14(6-7)10(15)12-8-11-9(16-2)13-17-8/h7H,3-6H2,1-2H3,(H,11,12,13,15). The van der Waals surface area contributed by atoms with Crippen molar-refractivity contribution in [1.29, 1.82) is 0 Å². The fourth-order valence-electron chi connectivity index (χ4n) is 1.89. The number of likely N-dealkylation sites (tertiary alicyclic amines) is 1. The molecule has 1 aromatic rings. The van der Waals surface area contributed by atoms with Gasteiger partial charge in [0.1, 0.15) is 0 Å². The van der Waals surface area contributed by atoms with Gasteiger partial charge < -0.3 is 4.90 Å². The van der Waals surface area contributed by atoms with Crippen molar-refractivity contribution in [2.45, 2.75) is 24.9 Å². The highest BCUT2D eigenvalue weighted by Crippen LogP contribution is 2.20. The molecule has 1 atom stereocenters. The zero-order valence-electron chi connectivity index (χ0n) is 9.97. The SMILES string of the molecule is CSc1nsc(NC(=O)N2CCCC(C)C2)n1. The predicted octanol–water partition coefficient (Wildman–Crippen LogP) is 2.52. The summed E-state index contributed by atoms with van der Waals surface area (Å²) in [6.45, 7) is 3.85. The van der Waals surface area contributed by atoms with Gasteiger partial charge in [-0.15, -0.1) is 0 Å². The molecule has 1 saturated heterocycles. The summed E-state index contributed by atoms with van der Waals surface area (Å²) in [6, 6.07) is -0.0552. The average molecular weight is 272 g/mol. The Balaban J connectivity index is 1.91. The van der Waals surface area contributed by atoms with Crippen molar-refractivity contribution in [2.75, 3.05) is 24.7 Å². The highest BCUT2D eigenvalue weighted by atomic mass is 32.2. The molecule has 0 aromatic carbocycles. The van der Waals surface area contributed by atoms with E-state index in [1.807, 2.05) is 11.2 Å². The molecule has 2 heterocycles. The maximum Gasteiger partial charge on any atom is 0.323 e. The minimum Gasteiger partial charge on any atom is -0.324 e. The zero-order valence-corrected chi connectivity index (χ0v) is 11.6. The summed E-state index contributed by atoms with van der Waals surface area (Å²) >= 11 is 2.70. The third kappa shape index (κ3) is 3.32. The van der Waals surface area contributed by atoms with Gasteiger partial charge in [-0.25, -0.2) is 4.79 Å². The number of hydrogen-bond donors (Lipinski definition) is 1. The van der Waals surface area contributed by atoms with Gasteiger partial charge >= 0.3 is 6.03 Å². The Kier molecular flexibility index (Phi) is 4.22. The first kappa shape index (κ1) is 12.6. The molecule has 1 aliphatic rings. The number of nitrogens with one attached hydrogen (secondary N) is 1. The Morgan fingerprint density at radius 3 is 3.12 bits per heavy atom.